The topological polar surface area (TPSA) is 113 Å². The Kier molecular flexibility index (Phi) is 5.99. The van der Waals surface area contributed by atoms with Crippen LogP contribution in [0, 0.1) is 5.82 Å². The summed E-state index contributed by atoms with van der Waals surface area (Å²) in [6, 6.07) is 12.6. The van der Waals surface area contributed by atoms with Gasteiger partial charge in [-0.3, -0.25) is 9.36 Å². The monoisotopic (exact) mass is 439 g/mol. The third kappa shape index (κ3) is 4.58. The number of nitrogens with zero attached hydrogens (tertiary/aromatic N) is 3. The second-order valence-corrected chi connectivity index (χ2v) is 7.69. The number of para-hydroxylation sites is 2. The number of aromatic amines is 1. The molecule has 0 radical (unpaired) electrons. The highest BCUT2D eigenvalue weighted by Gasteiger charge is 2.22. The first-order valence-electron chi connectivity index (χ1n) is 9.38. The zero-order valence-corrected chi connectivity index (χ0v) is 17.0. The summed E-state index contributed by atoms with van der Waals surface area (Å²) in [4.78, 5) is 27.2. The number of halogens is 1. The van der Waals surface area contributed by atoms with Gasteiger partial charge in [0.2, 0.25) is 5.91 Å². The molecule has 2 aromatic carbocycles. The number of amides is 1. The number of aliphatic carboxylic acids is 1. The maximum Gasteiger partial charge on any atom is 0.326 e. The predicted molar refractivity (Wildman–Crippen MR) is 114 cm³/mol. The lowest BCUT2D eigenvalue weighted by molar-refractivity contribution is -0.141. The maximum absolute atomic E-state index is 14.1. The fraction of sp³-hybridized carbons (Fsp3) is 0.143. The van der Waals surface area contributed by atoms with Gasteiger partial charge in [0.05, 0.1) is 11.4 Å². The van der Waals surface area contributed by atoms with Crippen LogP contribution in [-0.2, 0) is 16.0 Å². The highest BCUT2D eigenvalue weighted by molar-refractivity contribution is 7.99. The average Bonchev–Trinajstić information content (AvgIpc) is 3.39. The van der Waals surface area contributed by atoms with Gasteiger partial charge in [-0.1, -0.05) is 42.1 Å². The van der Waals surface area contributed by atoms with Gasteiger partial charge in [0, 0.05) is 23.5 Å². The molecule has 0 aliphatic heterocycles. The smallest absolute Gasteiger partial charge is 0.326 e. The van der Waals surface area contributed by atoms with Crippen molar-refractivity contribution in [3.05, 3.63) is 72.4 Å². The number of nitrogens with one attached hydrogen (secondary N) is 2. The molecular formula is C21H18FN5O3S. The number of benzene rings is 2. The number of rotatable bonds is 8. The average molecular weight is 439 g/mol. The van der Waals surface area contributed by atoms with E-state index in [-0.39, 0.29) is 17.9 Å². The van der Waals surface area contributed by atoms with Crippen LogP contribution in [0.15, 0.2) is 66.2 Å². The van der Waals surface area contributed by atoms with Crippen LogP contribution in [0.1, 0.15) is 5.56 Å². The predicted octanol–water partition coefficient (Wildman–Crippen LogP) is 2.79. The summed E-state index contributed by atoms with van der Waals surface area (Å²) in [6.45, 7) is 0. The van der Waals surface area contributed by atoms with Crippen LogP contribution in [0.3, 0.4) is 0 Å². The van der Waals surface area contributed by atoms with Gasteiger partial charge in [0.1, 0.15) is 18.2 Å². The standard InChI is InChI=1S/C21H18FN5O3S/c22-15-6-2-4-8-18(15)27-12-24-26-21(27)31-11-19(28)25-17(20(29)30)9-13-10-23-16-7-3-1-5-14(13)16/h1-8,10,12,17,23H,9,11H2,(H,25,28)(H,29,30). The first kappa shape index (κ1) is 20.6. The molecule has 1 unspecified atom stereocenters. The van der Waals surface area contributed by atoms with Crippen molar-refractivity contribution in [2.75, 3.05) is 5.75 Å². The molecule has 2 aromatic heterocycles. The molecule has 0 spiro atoms. The van der Waals surface area contributed by atoms with Gasteiger partial charge in [0.25, 0.3) is 0 Å². The largest absolute Gasteiger partial charge is 0.480 e. The van der Waals surface area contributed by atoms with Gasteiger partial charge in [0.15, 0.2) is 5.16 Å². The zero-order chi connectivity index (χ0) is 21.8. The minimum absolute atomic E-state index is 0.0924. The van der Waals surface area contributed by atoms with E-state index < -0.39 is 23.7 Å². The summed E-state index contributed by atoms with van der Waals surface area (Å²) in [5.41, 5.74) is 1.96. The van der Waals surface area contributed by atoms with Crippen LogP contribution < -0.4 is 5.32 Å². The SMILES string of the molecule is O=C(CSc1nncn1-c1ccccc1F)NC(Cc1c[nH]c2ccccc12)C(=O)O. The van der Waals surface area contributed by atoms with Crippen molar-refractivity contribution in [3.63, 3.8) is 0 Å². The molecule has 0 saturated carbocycles. The van der Waals surface area contributed by atoms with Gasteiger partial charge in [-0.05, 0) is 23.8 Å². The van der Waals surface area contributed by atoms with Crippen LogP contribution in [0.4, 0.5) is 4.39 Å². The molecule has 1 atom stereocenters. The Hall–Kier alpha value is -3.66. The molecule has 10 heteroatoms. The normalized spacial score (nSPS) is 12.0. The fourth-order valence-corrected chi connectivity index (χ4v) is 3.95. The number of carboxylic acids is 1. The Labute approximate surface area is 180 Å². The summed E-state index contributed by atoms with van der Waals surface area (Å²) in [6.07, 6.45) is 3.25. The van der Waals surface area contributed by atoms with E-state index >= 15 is 0 Å². The summed E-state index contributed by atoms with van der Waals surface area (Å²) in [5.74, 6) is -2.14. The number of hydrogen-bond acceptors (Lipinski definition) is 5. The number of carbonyl (C=O) groups excluding carboxylic acids is 1. The van der Waals surface area contributed by atoms with E-state index in [1.165, 1.54) is 17.0 Å². The molecule has 31 heavy (non-hydrogen) atoms. The molecule has 0 fully saturated rings. The van der Waals surface area contributed by atoms with Crippen molar-refractivity contribution < 1.29 is 19.1 Å². The lowest BCUT2D eigenvalue weighted by atomic mass is 10.1. The first-order chi connectivity index (χ1) is 15.0. The number of aromatic nitrogens is 4. The van der Waals surface area contributed by atoms with Crippen molar-refractivity contribution in [1.29, 1.82) is 0 Å². The summed E-state index contributed by atoms with van der Waals surface area (Å²) in [7, 11) is 0. The molecule has 4 aromatic rings. The molecular weight excluding hydrogens is 421 g/mol. The minimum atomic E-state index is -1.13. The van der Waals surface area contributed by atoms with E-state index in [1.807, 2.05) is 24.3 Å². The molecule has 1 amide bonds. The fourth-order valence-electron chi connectivity index (χ4n) is 3.22. The number of H-pyrrole nitrogens is 1. The van der Waals surface area contributed by atoms with Crippen LogP contribution in [0.25, 0.3) is 16.6 Å². The van der Waals surface area contributed by atoms with Crippen molar-refractivity contribution in [1.82, 2.24) is 25.1 Å². The molecule has 0 bridgehead atoms. The van der Waals surface area contributed by atoms with E-state index in [1.54, 1.807) is 24.4 Å². The highest BCUT2D eigenvalue weighted by atomic mass is 32.2. The van der Waals surface area contributed by atoms with Crippen LogP contribution in [0.2, 0.25) is 0 Å². The van der Waals surface area contributed by atoms with E-state index in [9.17, 15) is 19.1 Å². The molecule has 0 aliphatic rings. The molecule has 158 valence electrons. The zero-order valence-electron chi connectivity index (χ0n) is 16.2. The molecule has 3 N–H and O–H groups in total. The number of carboxylic acid groups (broad SMARTS) is 1. The lowest BCUT2D eigenvalue weighted by Crippen LogP contribution is -2.43. The molecule has 0 aliphatic carbocycles. The third-order valence-corrected chi connectivity index (χ3v) is 5.64. The summed E-state index contributed by atoms with van der Waals surface area (Å²) in [5, 5.41) is 21.1. The molecule has 4 rings (SSSR count). The van der Waals surface area contributed by atoms with Crippen LogP contribution in [0.5, 0.6) is 0 Å². The van der Waals surface area contributed by atoms with E-state index in [0.717, 1.165) is 28.2 Å². The highest BCUT2D eigenvalue weighted by Crippen LogP contribution is 2.22. The summed E-state index contributed by atoms with van der Waals surface area (Å²) >= 11 is 1.04. The number of thioether (sulfide) groups is 1. The maximum atomic E-state index is 14.1. The second kappa shape index (κ2) is 9.00. The van der Waals surface area contributed by atoms with Crippen molar-refractivity contribution in [2.24, 2.45) is 0 Å². The van der Waals surface area contributed by atoms with Crippen molar-refractivity contribution in [3.8, 4) is 5.69 Å². The number of fused-ring (bicyclic) bond motifs is 1. The lowest BCUT2D eigenvalue weighted by Gasteiger charge is -2.14. The Morgan fingerprint density at radius 1 is 1.19 bits per heavy atom. The Bertz CT molecular complexity index is 1240. The van der Waals surface area contributed by atoms with Crippen LogP contribution in [-0.4, -0.2) is 48.5 Å². The van der Waals surface area contributed by atoms with Crippen molar-refractivity contribution >= 4 is 34.5 Å². The van der Waals surface area contributed by atoms with Crippen molar-refractivity contribution in [2.45, 2.75) is 17.6 Å². The van der Waals surface area contributed by atoms with E-state index in [4.69, 9.17) is 0 Å². The molecule has 0 saturated heterocycles. The van der Waals surface area contributed by atoms with Gasteiger partial charge in [-0.2, -0.15) is 0 Å². The van der Waals surface area contributed by atoms with Crippen LogP contribution >= 0.6 is 11.8 Å². The Morgan fingerprint density at radius 2 is 1.97 bits per heavy atom. The third-order valence-electron chi connectivity index (χ3n) is 4.69. The number of hydrogen-bond donors (Lipinski definition) is 3. The van der Waals surface area contributed by atoms with Gasteiger partial charge in [-0.25, -0.2) is 9.18 Å². The van der Waals surface area contributed by atoms with Gasteiger partial charge >= 0.3 is 5.97 Å². The minimum Gasteiger partial charge on any atom is -0.480 e. The van der Waals surface area contributed by atoms with Gasteiger partial charge < -0.3 is 15.4 Å². The van der Waals surface area contributed by atoms with Gasteiger partial charge in [-0.15, -0.1) is 10.2 Å². The first-order valence-corrected chi connectivity index (χ1v) is 10.4. The quantitative estimate of drug-likeness (QED) is 0.364. The Balaban J connectivity index is 1.41. The van der Waals surface area contributed by atoms with E-state index in [2.05, 4.69) is 20.5 Å². The Morgan fingerprint density at radius 3 is 2.77 bits per heavy atom. The molecule has 2 heterocycles. The second-order valence-electron chi connectivity index (χ2n) is 6.75. The number of carbonyl (C=O) groups is 2. The molecule has 8 nitrogen and oxygen atoms in total. The summed E-state index contributed by atoms with van der Waals surface area (Å²) < 4.78 is 15.5. The van der Waals surface area contributed by atoms with E-state index in [0.29, 0.717) is 5.16 Å².